The number of benzene rings is 1. The minimum Gasteiger partial charge on any atom is -0.480 e. The van der Waals surface area contributed by atoms with E-state index in [0.29, 0.717) is 6.61 Å². The molecule has 6 heteroatoms. The first kappa shape index (κ1) is 19.5. The molecule has 1 unspecified atom stereocenters. The lowest BCUT2D eigenvalue weighted by atomic mass is 9.87. The number of carbonyl (C=O) groups excluding carboxylic acids is 1. The van der Waals surface area contributed by atoms with Gasteiger partial charge in [-0.2, -0.15) is 0 Å². The Balaban J connectivity index is 2.50. The Hall–Kier alpha value is -1.53. The maximum atomic E-state index is 11.9. The molecule has 1 aromatic rings. The second kappa shape index (κ2) is 8.93. The molecule has 23 heavy (non-hydrogen) atoms. The standard InChI is InChI=1S/C17H25NO4S/c1-17(2,3)12-5-7-13(8-6-12)23-11-15(19)18-14(16(20)21)9-10-22-4/h5-8,14H,9-11H2,1-4H3,(H,18,19)(H,20,21). The van der Waals surface area contributed by atoms with Crippen LogP contribution in [0.4, 0.5) is 0 Å². The highest BCUT2D eigenvalue weighted by molar-refractivity contribution is 8.00. The predicted molar refractivity (Wildman–Crippen MR) is 91.9 cm³/mol. The third-order valence-electron chi connectivity index (χ3n) is 3.33. The highest BCUT2D eigenvalue weighted by Gasteiger charge is 2.19. The first-order valence-corrected chi connectivity index (χ1v) is 8.47. The number of amides is 1. The summed E-state index contributed by atoms with van der Waals surface area (Å²) in [5.74, 6) is -1.15. The van der Waals surface area contributed by atoms with Crippen molar-refractivity contribution in [3.63, 3.8) is 0 Å². The van der Waals surface area contributed by atoms with Gasteiger partial charge in [0, 0.05) is 25.0 Å². The molecule has 0 aliphatic heterocycles. The van der Waals surface area contributed by atoms with Crippen LogP contribution in [0, 0.1) is 0 Å². The Morgan fingerprint density at radius 1 is 1.26 bits per heavy atom. The number of hydrogen-bond acceptors (Lipinski definition) is 4. The second-order valence-corrected chi connectivity index (χ2v) is 7.35. The molecule has 1 rings (SSSR count). The summed E-state index contributed by atoms with van der Waals surface area (Å²) in [5, 5.41) is 11.6. The van der Waals surface area contributed by atoms with Crippen molar-refractivity contribution in [2.24, 2.45) is 0 Å². The van der Waals surface area contributed by atoms with Gasteiger partial charge >= 0.3 is 5.97 Å². The number of ether oxygens (including phenoxy) is 1. The molecule has 1 atom stereocenters. The Bertz CT molecular complexity index is 522. The average Bonchev–Trinajstić information content (AvgIpc) is 2.48. The van der Waals surface area contributed by atoms with E-state index in [1.165, 1.54) is 24.4 Å². The molecule has 2 N–H and O–H groups in total. The number of rotatable bonds is 8. The second-order valence-electron chi connectivity index (χ2n) is 6.30. The van der Waals surface area contributed by atoms with E-state index in [4.69, 9.17) is 9.84 Å². The van der Waals surface area contributed by atoms with E-state index in [0.717, 1.165) is 4.90 Å². The molecule has 5 nitrogen and oxygen atoms in total. The van der Waals surface area contributed by atoms with Crippen LogP contribution in [0.2, 0.25) is 0 Å². The van der Waals surface area contributed by atoms with Crippen molar-refractivity contribution in [1.29, 1.82) is 0 Å². The number of aliphatic carboxylic acids is 1. The van der Waals surface area contributed by atoms with Crippen molar-refractivity contribution in [3.05, 3.63) is 29.8 Å². The van der Waals surface area contributed by atoms with E-state index >= 15 is 0 Å². The van der Waals surface area contributed by atoms with Crippen molar-refractivity contribution in [2.45, 2.75) is 43.5 Å². The summed E-state index contributed by atoms with van der Waals surface area (Å²) in [6.45, 7) is 6.73. The summed E-state index contributed by atoms with van der Waals surface area (Å²) in [7, 11) is 1.50. The molecular formula is C17H25NO4S. The molecule has 0 spiro atoms. The maximum absolute atomic E-state index is 11.9. The van der Waals surface area contributed by atoms with Gasteiger partial charge in [0.05, 0.1) is 5.75 Å². The van der Waals surface area contributed by atoms with Crippen molar-refractivity contribution < 1.29 is 19.4 Å². The number of nitrogens with one attached hydrogen (secondary N) is 1. The maximum Gasteiger partial charge on any atom is 0.326 e. The third-order valence-corrected chi connectivity index (χ3v) is 4.35. The average molecular weight is 339 g/mol. The van der Waals surface area contributed by atoms with E-state index in [2.05, 4.69) is 38.2 Å². The molecule has 0 radical (unpaired) electrons. The Labute approximate surface area is 141 Å². The minimum atomic E-state index is -1.05. The van der Waals surface area contributed by atoms with Gasteiger partial charge in [-0.15, -0.1) is 11.8 Å². The monoisotopic (exact) mass is 339 g/mol. The number of methoxy groups -OCH3 is 1. The van der Waals surface area contributed by atoms with Crippen molar-refractivity contribution in [1.82, 2.24) is 5.32 Å². The molecule has 0 aliphatic carbocycles. The van der Waals surface area contributed by atoms with Gasteiger partial charge in [0.15, 0.2) is 0 Å². The zero-order chi connectivity index (χ0) is 17.5. The van der Waals surface area contributed by atoms with Crippen LogP contribution in [0.1, 0.15) is 32.8 Å². The number of carboxylic acids is 1. The Morgan fingerprint density at radius 2 is 1.87 bits per heavy atom. The van der Waals surface area contributed by atoms with Gasteiger partial charge in [0.2, 0.25) is 5.91 Å². The molecule has 0 saturated carbocycles. The molecule has 1 aromatic carbocycles. The highest BCUT2D eigenvalue weighted by Crippen LogP contribution is 2.25. The van der Waals surface area contributed by atoms with Crippen LogP contribution in [0.3, 0.4) is 0 Å². The fourth-order valence-electron chi connectivity index (χ4n) is 1.93. The summed E-state index contributed by atoms with van der Waals surface area (Å²) in [6.07, 6.45) is 0.252. The molecule has 0 fully saturated rings. The summed E-state index contributed by atoms with van der Waals surface area (Å²) in [4.78, 5) is 23.9. The Kier molecular flexibility index (Phi) is 7.58. The summed E-state index contributed by atoms with van der Waals surface area (Å²) < 4.78 is 4.85. The van der Waals surface area contributed by atoms with Gasteiger partial charge in [-0.25, -0.2) is 4.79 Å². The number of carbonyl (C=O) groups is 2. The van der Waals surface area contributed by atoms with Crippen LogP contribution < -0.4 is 5.32 Å². The quantitative estimate of drug-likeness (QED) is 0.712. The highest BCUT2D eigenvalue weighted by atomic mass is 32.2. The molecule has 0 heterocycles. The van der Waals surface area contributed by atoms with E-state index in [1.54, 1.807) is 0 Å². The number of thioether (sulfide) groups is 1. The smallest absolute Gasteiger partial charge is 0.326 e. The fraction of sp³-hybridized carbons (Fsp3) is 0.529. The van der Waals surface area contributed by atoms with Crippen LogP contribution in [-0.2, 0) is 19.7 Å². The third kappa shape index (κ3) is 7.05. The molecule has 1 amide bonds. The largest absolute Gasteiger partial charge is 0.480 e. The van der Waals surface area contributed by atoms with E-state index in [-0.39, 0.29) is 23.5 Å². The van der Waals surface area contributed by atoms with Gasteiger partial charge in [-0.05, 0) is 23.1 Å². The SMILES string of the molecule is COCCC(NC(=O)CSc1ccc(C(C)(C)C)cc1)C(=O)O. The lowest BCUT2D eigenvalue weighted by Gasteiger charge is -2.19. The number of carboxylic acid groups (broad SMARTS) is 1. The predicted octanol–water partition coefficient (Wildman–Crippen LogP) is 2.68. The van der Waals surface area contributed by atoms with Gasteiger partial charge in [-0.1, -0.05) is 32.9 Å². The van der Waals surface area contributed by atoms with Crippen LogP contribution in [0.25, 0.3) is 0 Å². The molecule has 0 bridgehead atoms. The van der Waals surface area contributed by atoms with Crippen molar-refractivity contribution >= 4 is 23.6 Å². The Morgan fingerprint density at radius 3 is 2.35 bits per heavy atom. The van der Waals surface area contributed by atoms with Gasteiger partial charge in [0.1, 0.15) is 6.04 Å². The minimum absolute atomic E-state index is 0.0939. The first-order valence-electron chi connectivity index (χ1n) is 7.48. The van der Waals surface area contributed by atoms with Gasteiger partial charge in [-0.3, -0.25) is 4.79 Å². The van der Waals surface area contributed by atoms with Gasteiger partial charge < -0.3 is 15.2 Å². The number of hydrogen-bond donors (Lipinski definition) is 2. The van der Waals surface area contributed by atoms with Crippen LogP contribution >= 0.6 is 11.8 Å². The molecule has 128 valence electrons. The van der Waals surface area contributed by atoms with E-state index in [1.807, 2.05) is 12.1 Å². The topological polar surface area (TPSA) is 75.6 Å². The van der Waals surface area contributed by atoms with E-state index in [9.17, 15) is 9.59 Å². The van der Waals surface area contributed by atoms with Crippen LogP contribution in [0.15, 0.2) is 29.2 Å². The first-order chi connectivity index (χ1) is 10.7. The molecule has 0 aromatic heterocycles. The molecular weight excluding hydrogens is 314 g/mol. The lowest BCUT2D eigenvalue weighted by Crippen LogP contribution is -2.42. The van der Waals surface area contributed by atoms with Crippen LogP contribution in [-0.4, -0.2) is 42.5 Å². The summed E-state index contributed by atoms with van der Waals surface area (Å²) >= 11 is 1.39. The normalized spacial score (nSPS) is 12.7. The van der Waals surface area contributed by atoms with Gasteiger partial charge in [0.25, 0.3) is 0 Å². The van der Waals surface area contributed by atoms with E-state index < -0.39 is 12.0 Å². The van der Waals surface area contributed by atoms with Crippen molar-refractivity contribution in [2.75, 3.05) is 19.5 Å². The zero-order valence-corrected chi connectivity index (χ0v) is 14.9. The zero-order valence-electron chi connectivity index (χ0n) is 14.1. The summed E-state index contributed by atoms with van der Waals surface area (Å²) in [6, 6.07) is 7.17. The van der Waals surface area contributed by atoms with Crippen molar-refractivity contribution in [3.8, 4) is 0 Å². The molecule has 0 saturated heterocycles. The van der Waals surface area contributed by atoms with Crippen LogP contribution in [0.5, 0.6) is 0 Å². The summed E-state index contributed by atoms with van der Waals surface area (Å²) in [5.41, 5.74) is 1.33. The fourth-order valence-corrected chi connectivity index (χ4v) is 2.64. The molecule has 0 aliphatic rings. The lowest BCUT2D eigenvalue weighted by molar-refractivity contribution is -0.142.